The lowest BCUT2D eigenvalue weighted by Gasteiger charge is -2.23. The molecule has 0 bridgehead atoms. The van der Waals surface area contributed by atoms with Crippen LogP contribution in [-0.4, -0.2) is 23.5 Å². The van der Waals surface area contributed by atoms with Crippen molar-refractivity contribution in [3.63, 3.8) is 0 Å². The normalized spacial score (nSPS) is 24.4. The first-order valence-electron chi connectivity index (χ1n) is 7.69. The van der Waals surface area contributed by atoms with Gasteiger partial charge in [-0.05, 0) is 43.4 Å². The topological polar surface area (TPSA) is 66.4 Å². The van der Waals surface area contributed by atoms with Crippen molar-refractivity contribution in [3.05, 3.63) is 0 Å². The molecule has 1 saturated carbocycles. The van der Waals surface area contributed by atoms with Crippen LogP contribution in [0.2, 0.25) is 0 Å². The van der Waals surface area contributed by atoms with E-state index in [0.717, 1.165) is 12.8 Å². The Morgan fingerprint density at radius 1 is 1.25 bits per heavy atom. The Morgan fingerprint density at radius 2 is 1.85 bits per heavy atom. The highest BCUT2D eigenvalue weighted by Gasteiger charge is 2.33. The van der Waals surface area contributed by atoms with E-state index in [1.165, 1.54) is 0 Å². The van der Waals surface area contributed by atoms with Crippen LogP contribution >= 0.6 is 0 Å². The number of amides is 1. The third-order valence-electron chi connectivity index (χ3n) is 4.05. The lowest BCUT2D eigenvalue weighted by molar-refractivity contribution is -0.141. The molecule has 4 heteroatoms. The molecule has 1 fully saturated rings. The van der Waals surface area contributed by atoms with E-state index in [1.807, 2.05) is 0 Å². The van der Waals surface area contributed by atoms with Gasteiger partial charge in [0, 0.05) is 12.5 Å². The van der Waals surface area contributed by atoms with Crippen LogP contribution in [-0.2, 0) is 9.59 Å². The molecule has 1 rings (SSSR count). The Morgan fingerprint density at radius 3 is 2.35 bits per heavy atom. The van der Waals surface area contributed by atoms with Gasteiger partial charge in [0.05, 0.1) is 5.92 Å². The fourth-order valence-electron chi connectivity index (χ4n) is 3.18. The van der Waals surface area contributed by atoms with E-state index in [1.54, 1.807) is 0 Å². The van der Waals surface area contributed by atoms with Crippen molar-refractivity contribution in [2.75, 3.05) is 6.54 Å². The molecule has 20 heavy (non-hydrogen) atoms. The molecule has 0 aromatic carbocycles. The van der Waals surface area contributed by atoms with Gasteiger partial charge in [0.1, 0.15) is 0 Å². The number of hydrogen-bond donors (Lipinski definition) is 2. The third kappa shape index (κ3) is 5.93. The highest BCUT2D eigenvalue weighted by Crippen LogP contribution is 2.31. The van der Waals surface area contributed by atoms with Crippen molar-refractivity contribution in [1.82, 2.24) is 5.32 Å². The van der Waals surface area contributed by atoms with Crippen LogP contribution in [0.5, 0.6) is 0 Å². The minimum atomic E-state index is -0.765. The van der Waals surface area contributed by atoms with Crippen LogP contribution < -0.4 is 5.32 Å². The smallest absolute Gasteiger partial charge is 0.306 e. The van der Waals surface area contributed by atoms with Gasteiger partial charge in [0.15, 0.2) is 0 Å². The van der Waals surface area contributed by atoms with Gasteiger partial charge in [-0.1, -0.05) is 27.7 Å². The van der Waals surface area contributed by atoms with Crippen LogP contribution in [0.25, 0.3) is 0 Å². The molecule has 1 aliphatic rings. The summed E-state index contributed by atoms with van der Waals surface area (Å²) >= 11 is 0. The van der Waals surface area contributed by atoms with Crippen molar-refractivity contribution >= 4 is 11.9 Å². The molecule has 0 aromatic heterocycles. The zero-order valence-corrected chi connectivity index (χ0v) is 13.2. The summed E-state index contributed by atoms with van der Waals surface area (Å²) in [6.45, 7) is 9.60. The Balaban J connectivity index is 2.23. The molecule has 0 aliphatic heterocycles. The second-order valence-corrected chi connectivity index (χ2v) is 7.49. The van der Waals surface area contributed by atoms with Crippen LogP contribution in [0.4, 0.5) is 0 Å². The summed E-state index contributed by atoms with van der Waals surface area (Å²) in [5.41, 5.74) is 0.323. The summed E-state index contributed by atoms with van der Waals surface area (Å²) in [4.78, 5) is 22.9. The number of nitrogens with one attached hydrogen (secondary N) is 1. The van der Waals surface area contributed by atoms with Gasteiger partial charge in [-0.25, -0.2) is 0 Å². The predicted octanol–water partition coefficient (Wildman–Crippen LogP) is 3.07. The summed E-state index contributed by atoms with van der Waals surface area (Å²) in [6.07, 6.45) is 3.97. The molecular weight excluding hydrogens is 254 g/mol. The fraction of sp³-hybridized carbons (Fsp3) is 0.875. The molecule has 0 saturated heterocycles. The number of carbonyl (C=O) groups excluding carboxylic acids is 1. The number of carbonyl (C=O) groups is 2. The molecule has 0 aromatic rings. The average Bonchev–Trinajstić information content (AvgIpc) is 2.75. The molecule has 0 radical (unpaired) electrons. The molecule has 0 spiro atoms. The van der Waals surface area contributed by atoms with E-state index >= 15 is 0 Å². The van der Waals surface area contributed by atoms with Gasteiger partial charge in [0.2, 0.25) is 5.91 Å². The molecule has 116 valence electrons. The van der Waals surface area contributed by atoms with E-state index in [4.69, 9.17) is 5.11 Å². The van der Waals surface area contributed by atoms with Gasteiger partial charge in [-0.15, -0.1) is 0 Å². The van der Waals surface area contributed by atoms with E-state index in [0.29, 0.717) is 37.1 Å². The minimum absolute atomic E-state index is 0.0386. The maximum atomic E-state index is 12.0. The Kier molecular flexibility index (Phi) is 6.03. The largest absolute Gasteiger partial charge is 0.481 e. The van der Waals surface area contributed by atoms with Crippen LogP contribution in [0.1, 0.15) is 59.8 Å². The van der Waals surface area contributed by atoms with E-state index in [2.05, 4.69) is 33.0 Å². The first kappa shape index (κ1) is 17.0. The van der Waals surface area contributed by atoms with Gasteiger partial charge < -0.3 is 10.4 Å². The molecule has 3 atom stereocenters. The van der Waals surface area contributed by atoms with E-state index in [9.17, 15) is 9.59 Å². The van der Waals surface area contributed by atoms with Crippen molar-refractivity contribution in [1.29, 1.82) is 0 Å². The first-order valence-corrected chi connectivity index (χ1v) is 7.69. The number of hydrogen-bond acceptors (Lipinski definition) is 2. The number of rotatable bonds is 6. The predicted molar refractivity (Wildman–Crippen MR) is 79.3 cm³/mol. The molecule has 1 aliphatic carbocycles. The number of carboxylic acid groups (broad SMARTS) is 1. The van der Waals surface area contributed by atoms with Gasteiger partial charge in [-0.2, -0.15) is 0 Å². The molecular formula is C16H29NO3. The Labute approximate surface area is 122 Å². The number of carboxylic acids is 1. The van der Waals surface area contributed by atoms with Crippen molar-refractivity contribution in [3.8, 4) is 0 Å². The summed E-state index contributed by atoms with van der Waals surface area (Å²) < 4.78 is 0. The summed E-state index contributed by atoms with van der Waals surface area (Å²) in [7, 11) is 0. The molecule has 4 nitrogen and oxygen atoms in total. The van der Waals surface area contributed by atoms with Gasteiger partial charge in [-0.3, -0.25) is 9.59 Å². The monoisotopic (exact) mass is 283 g/mol. The van der Waals surface area contributed by atoms with Gasteiger partial charge >= 0.3 is 5.97 Å². The average molecular weight is 283 g/mol. The minimum Gasteiger partial charge on any atom is -0.481 e. The maximum absolute atomic E-state index is 12.0. The lowest BCUT2D eigenvalue weighted by atomic mass is 9.84. The summed E-state index contributed by atoms with van der Waals surface area (Å²) in [5.74, 6) is -0.568. The standard InChI is InChI=1S/C16H29NO3/c1-11(10-16(2,3)4)7-8-17-14(18)12-5-6-13(9-12)15(19)20/h11-13H,5-10H2,1-4H3,(H,17,18)(H,19,20)/t11?,12-,13+/m1/s1. The van der Waals surface area contributed by atoms with Crippen LogP contribution in [0.15, 0.2) is 0 Å². The summed E-state index contributed by atoms with van der Waals surface area (Å²) in [6, 6.07) is 0. The molecule has 0 heterocycles. The SMILES string of the molecule is CC(CCNC(=O)[C@@H]1CC[C@H](C(=O)O)C1)CC(C)(C)C. The third-order valence-corrected chi connectivity index (χ3v) is 4.05. The van der Waals surface area contributed by atoms with Crippen LogP contribution in [0.3, 0.4) is 0 Å². The molecule has 1 unspecified atom stereocenters. The van der Waals surface area contributed by atoms with E-state index < -0.39 is 5.97 Å². The van der Waals surface area contributed by atoms with Crippen molar-refractivity contribution in [2.24, 2.45) is 23.2 Å². The van der Waals surface area contributed by atoms with Crippen LogP contribution in [0, 0.1) is 23.2 Å². The maximum Gasteiger partial charge on any atom is 0.306 e. The number of aliphatic carboxylic acids is 1. The molecule has 2 N–H and O–H groups in total. The van der Waals surface area contributed by atoms with E-state index in [-0.39, 0.29) is 17.7 Å². The Bertz CT molecular complexity index is 346. The van der Waals surface area contributed by atoms with Gasteiger partial charge in [0.25, 0.3) is 0 Å². The highest BCUT2D eigenvalue weighted by molar-refractivity contribution is 5.80. The zero-order valence-electron chi connectivity index (χ0n) is 13.2. The lowest BCUT2D eigenvalue weighted by Crippen LogP contribution is -2.31. The zero-order chi connectivity index (χ0) is 15.3. The first-order chi connectivity index (χ1) is 9.19. The molecule has 1 amide bonds. The Hall–Kier alpha value is -1.06. The second kappa shape index (κ2) is 7.09. The fourth-order valence-corrected chi connectivity index (χ4v) is 3.18. The summed E-state index contributed by atoms with van der Waals surface area (Å²) in [5, 5.41) is 11.9. The quantitative estimate of drug-likeness (QED) is 0.787. The highest BCUT2D eigenvalue weighted by atomic mass is 16.4. The van der Waals surface area contributed by atoms with Crippen molar-refractivity contribution in [2.45, 2.75) is 59.8 Å². The second-order valence-electron chi connectivity index (χ2n) is 7.49. The van der Waals surface area contributed by atoms with Crippen molar-refractivity contribution < 1.29 is 14.7 Å².